The molecule has 1 aliphatic carbocycles. The van der Waals surface area contributed by atoms with E-state index in [2.05, 4.69) is 31.3 Å². The lowest BCUT2D eigenvalue weighted by Gasteiger charge is -2.42. The van der Waals surface area contributed by atoms with Crippen molar-refractivity contribution in [3.8, 4) is 0 Å². The molecule has 0 radical (unpaired) electrons. The molecule has 3 rings (SSSR count). The fraction of sp³-hybridized carbons (Fsp3) is 0.565. The number of aryl methyl sites for hydroxylation is 1. The molecule has 2 N–H and O–H groups in total. The van der Waals surface area contributed by atoms with Gasteiger partial charge in [-0.1, -0.05) is 56.8 Å². The highest BCUT2D eigenvalue weighted by Crippen LogP contribution is 2.39. The maximum absolute atomic E-state index is 12.7. The van der Waals surface area contributed by atoms with Gasteiger partial charge >= 0.3 is 12.0 Å². The molecule has 6 heteroatoms. The Morgan fingerprint density at radius 3 is 2.66 bits per heavy atom. The first-order valence-electron chi connectivity index (χ1n) is 10.5. The summed E-state index contributed by atoms with van der Waals surface area (Å²) in [6, 6.07) is 5.83. The number of halogens is 1. The van der Waals surface area contributed by atoms with E-state index in [-0.39, 0.29) is 24.9 Å². The third kappa shape index (κ3) is 4.77. The maximum Gasteiger partial charge on any atom is 0.322 e. The highest BCUT2D eigenvalue weighted by molar-refractivity contribution is 6.31. The molecule has 0 bridgehead atoms. The number of hydrogen-bond acceptors (Lipinski definition) is 2. The summed E-state index contributed by atoms with van der Waals surface area (Å²) in [5, 5.41) is 12.8. The van der Waals surface area contributed by atoms with Crippen LogP contribution in [-0.2, 0) is 16.8 Å². The van der Waals surface area contributed by atoms with Gasteiger partial charge in [-0.3, -0.25) is 4.79 Å². The third-order valence-electron chi connectivity index (χ3n) is 6.36. The Labute approximate surface area is 178 Å². The second-order valence-corrected chi connectivity index (χ2v) is 9.18. The molecule has 1 fully saturated rings. The number of carbonyl (C=O) groups excluding carboxylic acids is 1. The zero-order chi connectivity index (χ0) is 21.2. The number of nitrogens with one attached hydrogen (secondary N) is 1. The molecule has 29 heavy (non-hydrogen) atoms. The number of benzene rings is 1. The molecule has 0 aromatic heterocycles. The van der Waals surface area contributed by atoms with Gasteiger partial charge in [0.25, 0.3) is 0 Å². The highest BCUT2D eigenvalue weighted by atomic mass is 35.5. The van der Waals surface area contributed by atoms with Crippen LogP contribution in [0.3, 0.4) is 0 Å². The molecule has 158 valence electrons. The minimum absolute atomic E-state index is 0.0898. The molecule has 2 aliphatic rings. The summed E-state index contributed by atoms with van der Waals surface area (Å²) in [6.45, 7) is 6.29. The van der Waals surface area contributed by atoms with Gasteiger partial charge in [-0.15, -0.1) is 0 Å². The Balaban J connectivity index is 1.84. The Bertz CT molecular complexity index is 816. The third-order valence-corrected chi connectivity index (χ3v) is 6.71. The van der Waals surface area contributed by atoms with Crippen LogP contribution in [-0.4, -0.2) is 28.6 Å². The Hall–Kier alpha value is -2.01. The smallest absolute Gasteiger partial charge is 0.322 e. The number of rotatable bonds is 8. The maximum atomic E-state index is 12.7. The van der Waals surface area contributed by atoms with Gasteiger partial charge < -0.3 is 15.3 Å². The lowest BCUT2D eigenvalue weighted by molar-refractivity contribution is -0.137. The zero-order valence-electron chi connectivity index (χ0n) is 17.5. The summed E-state index contributed by atoms with van der Waals surface area (Å²) in [5.41, 5.74) is 2.45. The van der Waals surface area contributed by atoms with Gasteiger partial charge in [-0.05, 0) is 54.4 Å². The average Bonchev–Trinajstić information content (AvgIpc) is 2.60. The van der Waals surface area contributed by atoms with Crippen LogP contribution in [0.25, 0.3) is 0 Å². The van der Waals surface area contributed by atoms with Crippen molar-refractivity contribution in [2.45, 2.75) is 64.8 Å². The van der Waals surface area contributed by atoms with Gasteiger partial charge in [-0.2, -0.15) is 0 Å². The summed E-state index contributed by atoms with van der Waals surface area (Å²) in [7, 11) is 0. The van der Waals surface area contributed by atoms with Crippen LogP contribution >= 0.6 is 11.6 Å². The van der Waals surface area contributed by atoms with Gasteiger partial charge in [0, 0.05) is 17.8 Å². The first-order valence-corrected chi connectivity index (χ1v) is 10.9. The van der Waals surface area contributed by atoms with E-state index in [0.29, 0.717) is 0 Å². The number of aliphatic carboxylic acids is 1. The lowest BCUT2D eigenvalue weighted by atomic mass is 9.77. The lowest BCUT2D eigenvalue weighted by Crippen LogP contribution is -2.55. The molecule has 1 saturated carbocycles. The minimum atomic E-state index is -0.921. The first-order chi connectivity index (χ1) is 13.7. The number of carboxylic acids is 1. The molecule has 1 heterocycles. The van der Waals surface area contributed by atoms with Gasteiger partial charge in [0.2, 0.25) is 0 Å². The van der Waals surface area contributed by atoms with Crippen molar-refractivity contribution in [3.63, 3.8) is 0 Å². The van der Waals surface area contributed by atoms with Crippen LogP contribution in [0.2, 0.25) is 5.02 Å². The quantitative estimate of drug-likeness (QED) is 0.599. The number of carboxylic acid groups (broad SMARTS) is 1. The second kappa shape index (κ2) is 8.78. The number of amides is 2. The number of carbonyl (C=O) groups is 2. The molecule has 1 aromatic carbocycles. The molecular weight excluding hydrogens is 388 g/mol. The Morgan fingerprint density at radius 2 is 2.10 bits per heavy atom. The summed E-state index contributed by atoms with van der Waals surface area (Å²) in [4.78, 5) is 25.0. The largest absolute Gasteiger partial charge is 0.481 e. The van der Waals surface area contributed by atoms with Crippen LogP contribution in [0.1, 0.15) is 64.0 Å². The van der Waals surface area contributed by atoms with Crippen molar-refractivity contribution < 1.29 is 14.7 Å². The molecule has 0 spiro atoms. The summed E-state index contributed by atoms with van der Waals surface area (Å²) < 4.78 is 0. The van der Waals surface area contributed by atoms with Crippen molar-refractivity contribution in [2.75, 3.05) is 6.54 Å². The number of urea groups is 1. The summed E-state index contributed by atoms with van der Waals surface area (Å²) in [6.07, 6.45) is 7.91. The zero-order valence-corrected chi connectivity index (χ0v) is 18.3. The predicted octanol–water partition coefficient (Wildman–Crippen LogP) is 5.33. The van der Waals surface area contributed by atoms with E-state index in [1.54, 1.807) is 0 Å². The van der Waals surface area contributed by atoms with E-state index in [4.69, 9.17) is 16.7 Å². The predicted molar refractivity (Wildman–Crippen MR) is 115 cm³/mol. The SMILES string of the molecule is CC(C)C1=CN(CCC(=O)O)C(=O)N[C@]1(C)c1ccc(CCC2CCC2)c(Cl)c1. The molecule has 5 nitrogen and oxygen atoms in total. The molecule has 1 aliphatic heterocycles. The van der Waals surface area contributed by atoms with Gasteiger partial charge in [0.15, 0.2) is 0 Å². The van der Waals surface area contributed by atoms with Gasteiger partial charge in [0.1, 0.15) is 0 Å². The minimum Gasteiger partial charge on any atom is -0.481 e. The van der Waals surface area contributed by atoms with E-state index in [9.17, 15) is 9.59 Å². The van der Waals surface area contributed by atoms with Crippen LogP contribution in [0, 0.1) is 11.8 Å². The monoisotopic (exact) mass is 418 g/mol. The van der Waals surface area contributed by atoms with Crippen LogP contribution in [0.5, 0.6) is 0 Å². The average molecular weight is 419 g/mol. The molecule has 0 unspecified atom stereocenters. The molecule has 1 aromatic rings. The number of hydrogen-bond donors (Lipinski definition) is 2. The fourth-order valence-electron chi connectivity index (χ4n) is 4.26. The van der Waals surface area contributed by atoms with Crippen molar-refractivity contribution in [3.05, 3.63) is 46.1 Å². The molecule has 0 saturated heterocycles. The van der Waals surface area contributed by atoms with Crippen molar-refractivity contribution in [1.82, 2.24) is 10.2 Å². The van der Waals surface area contributed by atoms with E-state index in [0.717, 1.165) is 34.1 Å². The fourth-order valence-corrected chi connectivity index (χ4v) is 4.54. The van der Waals surface area contributed by atoms with E-state index in [1.807, 2.05) is 19.2 Å². The highest BCUT2D eigenvalue weighted by Gasteiger charge is 2.39. The van der Waals surface area contributed by atoms with E-state index in [1.165, 1.54) is 30.6 Å². The summed E-state index contributed by atoms with van der Waals surface area (Å²) >= 11 is 6.62. The Morgan fingerprint density at radius 1 is 1.38 bits per heavy atom. The number of nitrogens with zero attached hydrogens (tertiary/aromatic N) is 1. The molecular formula is C23H31ClN2O3. The van der Waals surface area contributed by atoms with Crippen LogP contribution in [0.15, 0.2) is 30.0 Å². The second-order valence-electron chi connectivity index (χ2n) is 8.77. The van der Waals surface area contributed by atoms with E-state index >= 15 is 0 Å². The summed E-state index contributed by atoms with van der Waals surface area (Å²) in [5.74, 6) is 0.0908. The first kappa shape index (κ1) is 21.7. The topological polar surface area (TPSA) is 69.6 Å². The molecule has 1 atom stereocenters. The van der Waals surface area contributed by atoms with Gasteiger partial charge in [0.05, 0.1) is 12.0 Å². The van der Waals surface area contributed by atoms with Crippen molar-refractivity contribution in [2.24, 2.45) is 11.8 Å². The van der Waals surface area contributed by atoms with Crippen molar-refractivity contribution >= 4 is 23.6 Å². The normalized spacial score (nSPS) is 22.3. The van der Waals surface area contributed by atoms with E-state index < -0.39 is 11.5 Å². The Kier molecular flexibility index (Phi) is 6.57. The molecule has 2 amide bonds. The van der Waals surface area contributed by atoms with Gasteiger partial charge in [-0.25, -0.2) is 4.79 Å². The van der Waals surface area contributed by atoms with Crippen LogP contribution < -0.4 is 5.32 Å². The van der Waals surface area contributed by atoms with Crippen LogP contribution in [0.4, 0.5) is 4.79 Å². The standard InChI is InChI=1S/C23H31ClN2O3/c1-15(2)19-14-26(12-11-21(27)28)22(29)25-23(19,3)18-10-9-17(20(24)13-18)8-7-16-5-4-6-16/h9-10,13-16H,4-8,11-12H2,1-3H3,(H,25,29)(H,27,28)/t23-/m1/s1. The van der Waals surface area contributed by atoms with Crippen molar-refractivity contribution in [1.29, 1.82) is 0 Å².